The first kappa shape index (κ1) is 33.9. The number of fused-ring (bicyclic) bond motifs is 1. The highest BCUT2D eigenvalue weighted by molar-refractivity contribution is 6.00. The van der Waals surface area contributed by atoms with Gasteiger partial charge < -0.3 is 20.9 Å². The number of nitrogens with one attached hydrogen (secondary N) is 1. The van der Waals surface area contributed by atoms with Gasteiger partial charge in [-0.25, -0.2) is 23.1 Å². The van der Waals surface area contributed by atoms with Gasteiger partial charge in [0.05, 0.1) is 41.2 Å². The molecule has 0 spiro atoms. The van der Waals surface area contributed by atoms with Crippen molar-refractivity contribution in [3.63, 3.8) is 0 Å². The third kappa shape index (κ3) is 7.24. The normalized spacial score (nSPS) is 19.9. The third-order valence-corrected chi connectivity index (χ3v) is 9.32. The fourth-order valence-electron chi connectivity index (χ4n) is 7.05. The van der Waals surface area contributed by atoms with Gasteiger partial charge in [0.15, 0.2) is 5.78 Å². The molecule has 6 rings (SSSR count). The van der Waals surface area contributed by atoms with Crippen LogP contribution in [-0.2, 0) is 28.1 Å². The molecule has 1 saturated carbocycles. The van der Waals surface area contributed by atoms with Crippen LogP contribution in [0.15, 0.2) is 49.1 Å². The highest BCUT2D eigenvalue weighted by Gasteiger charge is 2.38. The number of carbonyl (C=O) groups is 3. The van der Waals surface area contributed by atoms with E-state index in [-0.39, 0.29) is 29.3 Å². The number of esters is 1. The average Bonchev–Trinajstić information content (AvgIpc) is 3.64. The number of hydrogen-bond donors (Lipinski definition) is 3. The van der Waals surface area contributed by atoms with Crippen LogP contribution in [0.2, 0.25) is 0 Å². The van der Waals surface area contributed by atoms with Crippen LogP contribution in [0, 0.1) is 24.0 Å². The lowest BCUT2D eigenvalue weighted by atomic mass is 9.75. The number of primary amides is 1. The molecule has 2 aliphatic rings. The molecular formula is C35H39F2N7O5. The Bertz CT molecular complexity index is 1900. The zero-order valence-electron chi connectivity index (χ0n) is 27.6. The number of Topliss-reactive ketones (excluding diaryl/α,β-unsaturated/α-hetero) is 1. The number of aliphatic hydroxyl groups is 1. The maximum Gasteiger partial charge on any atom is 0.309 e. The summed E-state index contributed by atoms with van der Waals surface area (Å²) in [5.41, 5.74) is 6.88. The van der Waals surface area contributed by atoms with Gasteiger partial charge in [-0.15, -0.1) is 0 Å². The number of rotatable bonds is 10. The van der Waals surface area contributed by atoms with Crippen molar-refractivity contribution in [1.82, 2.24) is 24.5 Å². The summed E-state index contributed by atoms with van der Waals surface area (Å²) in [5, 5.41) is 23.6. The van der Waals surface area contributed by atoms with Crippen LogP contribution in [0.3, 0.4) is 0 Å². The molecule has 12 nitrogen and oxygen atoms in total. The van der Waals surface area contributed by atoms with E-state index in [0.29, 0.717) is 72.8 Å². The maximum atomic E-state index is 14.8. The van der Waals surface area contributed by atoms with Crippen molar-refractivity contribution in [3.8, 4) is 5.69 Å². The van der Waals surface area contributed by atoms with Gasteiger partial charge in [0.25, 0.3) is 5.91 Å². The monoisotopic (exact) mass is 675 g/mol. The van der Waals surface area contributed by atoms with Crippen LogP contribution in [0.1, 0.15) is 90.0 Å². The Labute approximate surface area is 281 Å². The first-order valence-corrected chi connectivity index (χ1v) is 16.2. The Morgan fingerprint density at radius 1 is 1.12 bits per heavy atom. The molecule has 1 fully saturated rings. The Morgan fingerprint density at radius 2 is 1.88 bits per heavy atom. The van der Waals surface area contributed by atoms with Crippen molar-refractivity contribution < 1.29 is 33.0 Å². The fraction of sp³-hybridized carbons (Fsp3) is 0.429. The van der Waals surface area contributed by atoms with Gasteiger partial charge in [-0.2, -0.15) is 10.2 Å². The van der Waals surface area contributed by atoms with Crippen molar-refractivity contribution >= 4 is 23.3 Å². The molecule has 4 aromatic rings. The number of hydrogen-bond acceptors (Lipinski definition) is 9. The molecule has 2 aromatic carbocycles. The number of halogens is 2. The summed E-state index contributed by atoms with van der Waals surface area (Å²) in [6.07, 6.45) is 4.80. The average molecular weight is 676 g/mol. The van der Waals surface area contributed by atoms with Crippen LogP contribution in [0.25, 0.3) is 5.69 Å². The molecule has 2 aliphatic carbocycles. The van der Waals surface area contributed by atoms with Crippen molar-refractivity contribution in [3.05, 3.63) is 88.8 Å². The van der Waals surface area contributed by atoms with Crippen LogP contribution in [0.4, 0.5) is 14.5 Å². The molecule has 49 heavy (non-hydrogen) atoms. The van der Waals surface area contributed by atoms with E-state index in [2.05, 4.69) is 29.2 Å². The van der Waals surface area contributed by atoms with Crippen LogP contribution in [-0.4, -0.2) is 59.5 Å². The third-order valence-electron chi connectivity index (χ3n) is 9.32. The largest absolute Gasteiger partial charge is 0.462 e. The van der Waals surface area contributed by atoms with E-state index >= 15 is 0 Å². The van der Waals surface area contributed by atoms with Crippen molar-refractivity contribution in [1.29, 1.82) is 0 Å². The van der Waals surface area contributed by atoms with Gasteiger partial charge in [0.1, 0.15) is 36.0 Å². The van der Waals surface area contributed by atoms with Gasteiger partial charge in [-0.3, -0.25) is 14.4 Å². The number of nitrogens with zero attached hydrogens (tertiary/aromatic N) is 5. The molecule has 1 atom stereocenters. The van der Waals surface area contributed by atoms with Gasteiger partial charge in [-0.05, 0) is 68.7 Å². The van der Waals surface area contributed by atoms with Gasteiger partial charge in [0.2, 0.25) is 0 Å². The molecule has 0 saturated heterocycles. The summed E-state index contributed by atoms with van der Waals surface area (Å²) < 4.78 is 37.2. The molecule has 1 unspecified atom stereocenters. The molecule has 4 N–H and O–H groups in total. The lowest BCUT2D eigenvalue weighted by Gasteiger charge is -2.32. The predicted octanol–water partition coefficient (Wildman–Crippen LogP) is 4.55. The molecule has 0 radical (unpaired) electrons. The maximum absolute atomic E-state index is 14.8. The van der Waals surface area contributed by atoms with Crippen molar-refractivity contribution in [2.24, 2.45) is 11.1 Å². The molecule has 0 aliphatic heterocycles. The van der Waals surface area contributed by atoms with E-state index in [1.165, 1.54) is 17.3 Å². The van der Waals surface area contributed by atoms with E-state index in [1.807, 2.05) is 13.0 Å². The molecule has 0 bridgehead atoms. The number of carbonyl (C=O) groups excluding carboxylic acids is 3. The number of ketones is 1. The number of aromatic nitrogens is 5. The lowest BCUT2D eigenvalue weighted by molar-refractivity contribution is -0.157. The second kappa shape index (κ2) is 13.1. The number of aryl methyl sites for hydroxylation is 1. The number of ether oxygens (including phenoxy) is 1. The first-order valence-electron chi connectivity index (χ1n) is 16.2. The Morgan fingerprint density at radius 3 is 2.55 bits per heavy atom. The van der Waals surface area contributed by atoms with Gasteiger partial charge >= 0.3 is 5.97 Å². The van der Waals surface area contributed by atoms with E-state index < -0.39 is 41.6 Å². The summed E-state index contributed by atoms with van der Waals surface area (Å²) in [4.78, 5) is 42.3. The fourth-order valence-corrected chi connectivity index (χ4v) is 7.05. The quantitative estimate of drug-likeness (QED) is 0.204. The van der Waals surface area contributed by atoms with E-state index in [1.54, 1.807) is 16.8 Å². The van der Waals surface area contributed by atoms with Crippen LogP contribution >= 0.6 is 0 Å². The Kier molecular flexibility index (Phi) is 9.09. The zero-order chi connectivity index (χ0) is 35.1. The second-order valence-corrected chi connectivity index (χ2v) is 13.9. The predicted molar refractivity (Wildman–Crippen MR) is 174 cm³/mol. The molecule has 1 amide bonds. The highest BCUT2D eigenvalue weighted by Crippen LogP contribution is 2.38. The molecule has 258 valence electrons. The zero-order valence-corrected chi connectivity index (χ0v) is 27.6. The van der Waals surface area contributed by atoms with Crippen LogP contribution < -0.4 is 11.1 Å². The van der Waals surface area contributed by atoms with Crippen molar-refractivity contribution in [2.45, 2.75) is 90.0 Å². The Balaban J connectivity index is 1.13. The summed E-state index contributed by atoms with van der Waals surface area (Å²) in [6.45, 7) is 5.63. The van der Waals surface area contributed by atoms with E-state index in [0.717, 1.165) is 17.8 Å². The Hall–Kier alpha value is -4.98. The van der Waals surface area contributed by atoms with E-state index in [4.69, 9.17) is 15.6 Å². The molecule has 2 aromatic heterocycles. The van der Waals surface area contributed by atoms with E-state index in [9.17, 15) is 28.3 Å². The SMILES string of the molecule is Cc1nn(-c2ccc(C(N)=O)c(NC3CCC(OC(=O)CC(O)(Cn4cncn4)c4ccc(F)cc4F)CC3)c2)c2c1C(=O)CC(C)(C)C2. The molecule has 14 heteroatoms. The smallest absolute Gasteiger partial charge is 0.309 e. The lowest BCUT2D eigenvalue weighted by Crippen LogP contribution is -2.38. The minimum absolute atomic E-state index is 0.0714. The standard InChI is InChI=1S/C35H39F2N7O5/c1-20-32-29(14-34(2,3)15-30(32)45)44(42-20)23-7-10-25(33(38)47)28(13-23)41-22-5-8-24(9-6-22)49-31(46)16-35(48,17-43-19-39-18-40-43)26-11-4-21(36)12-27(26)37/h4,7,10-13,18-19,22,24,41,48H,5-6,8-9,14-17H2,1-3H3,(H2,38,47). The summed E-state index contributed by atoms with van der Waals surface area (Å²) in [5.74, 6) is -3.08. The minimum Gasteiger partial charge on any atom is -0.462 e. The van der Waals surface area contributed by atoms with Gasteiger partial charge in [-0.1, -0.05) is 19.9 Å². The molecule has 2 heterocycles. The van der Waals surface area contributed by atoms with Crippen LogP contribution in [0.5, 0.6) is 0 Å². The van der Waals surface area contributed by atoms with Gasteiger partial charge in [0, 0.05) is 29.8 Å². The second-order valence-electron chi connectivity index (χ2n) is 13.9. The number of benzene rings is 2. The highest BCUT2D eigenvalue weighted by atomic mass is 19.1. The topological polar surface area (TPSA) is 167 Å². The summed E-state index contributed by atoms with van der Waals surface area (Å²) >= 11 is 0. The number of amides is 1. The first-order chi connectivity index (χ1) is 23.2. The number of anilines is 1. The minimum atomic E-state index is -2.08. The molecular weight excluding hydrogens is 636 g/mol. The summed E-state index contributed by atoms with van der Waals surface area (Å²) in [7, 11) is 0. The van der Waals surface area contributed by atoms with Crippen molar-refractivity contribution in [2.75, 3.05) is 5.32 Å². The number of nitrogens with two attached hydrogens (primary N) is 1. The summed E-state index contributed by atoms with van der Waals surface area (Å²) in [6, 6.07) is 7.91.